The predicted molar refractivity (Wildman–Crippen MR) is 72.7 cm³/mol. The molecule has 2 aromatic rings. The lowest BCUT2D eigenvalue weighted by Gasteiger charge is -2.20. The first-order valence-electron chi connectivity index (χ1n) is 6.37. The average Bonchev–Trinajstić information content (AvgIpc) is 2.87. The van der Waals surface area contributed by atoms with Crippen molar-refractivity contribution in [1.82, 2.24) is 0 Å². The van der Waals surface area contributed by atoms with Crippen LogP contribution in [0, 0.1) is 5.92 Å². The molecule has 1 saturated carbocycles. The summed E-state index contributed by atoms with van der Waals surface area (Å²) >= 11 is 1.69. The number of hydrogen-bond acceptors (Lipinski definition) is 2. The second-order valence-electron chi connectivity index (χ2n) is 4.84. The Morgan fingerprint density at radius 3 is 2.76 bits per heavy atom. The van der Waals surface area contributed by atoms with Crippen molar-refractivity contribution in [3.05, 3.63) is 35.2 Å². The standard InChI is InChI=1S/C15H16OS/c16-14(11-5-2-1-3-6-11)13-8-4-7-12-9-10-17-15(12)13/h4,7-11H,1-3,5-6H2. The third-order valence-electron chi connectivity index (χ3n) is 3.72. The Labute approximate surface area is 105 Å². The molecule has 1 aromatic carbocycles. The van der Waals surface area contributed by atoms with E-state index in [1.807, 2.05) is 12.1 Å². The molecule has 0 unspecified atom stereocenters. The molecule has 0 radical (unpaired) electrons. The highest BCUT2D eigenvalue weighted by Crippen LogP contribution is 2.31. The van der Waals surface area contributed by atoms with Gasteiger partial charge in [0.15, 0.2) is 5.78 Å². The molecule has 1 fully saturated rings. The molecule has 0 spiro atoms. The molecule has 17 heavy (non-hydrogen) atoms. The minimum atomic E-state index is 0.274. The third kappa shape index (κ3) is 2.02. The topological polar surface area (TPSA) is 17.1 Å². The van der Waals surface area contributed by atoms with E-state index in [0.717, 1.165) is 18.4 Å². The largest absolute Gasteiger partial charge is 0.294 e. The second-order valence-corrected chi connectivity index (χ2v) is 5.76. The SMILES string of the molecule is O=C(c1cccc2ccsc12)C1CCCCC1. The van der Waals surface area contributed by atoms with Crippen molar-refractivity contribution in [2.24, 2.45) is 5.92 Å². The van der Waals surface area contributed by atoms with E-state index in [2.05, 4.69) is 17.5 Å². The van der Waals surface area contributed by atoms with E-state index in [4.69, 9.17) is 0 Å². The molecule has 0 bridgehead atoms. The van der Waals surface area contributed by atoms with Gasteiger partial charge in [-0.2, -0.15) is 0 Å². The van der Waals surface area contributed by atoms with Crippen molar-refractivity contribution in [1.29, 1.82) is 0 Å². The van der Waals surface area contributed by atoms with Crippen LogP contribution in [0.3, 0.4) is 0 Å². The lowest BCUT2D eigenvalue weighted by atomic mass is 9.84. The second kappa shape index (κ2) is 4.61. The van der Waals surface area contributed by atoms with Crippen LogP contribution in [0.15, 0.2) is 29.6 Å². The summed E-state index contributed by atoms with van der Waals surface area (Å²) in [6.45, 7) is 0. The number of Topliss-reactive ketones (excluding diaryl/α,β-unsaturated/α-hetero) is 1. The number of benzene rings is 1. The molecule has 2 heteroatoms. The molecular formula is C15H16OS. The summed E-state index contributed by atoms with van der Waals surface area (Å²) in [6.07, 6.45) is 5.90. The number of carbonyl (C=O) groups excluding carboxylic acids is 1. The Hall–Kier alpha value is -1.15. The van der Waals surface area contributed by atoms with E-state index in [0.29, 0.717) is 5.78 Å². The van der Waals surface area contributed by atoms with Gasteiger partial charge in [-0.05, 0) is 35.7 Å². The Morgan fingerprint density at radius 2 is 1.94 bits per heavy atom. The maximum atomic E-state index is 12.5. The zero-order valence-corrected chi connectivity index (χ0v) is 10.6. The van der Waals surface area contributed by atoms with Crippen molar-refractivity contribution in [2.75, 3.05) is 0 Å². The van der Waals surface area contributed by atoms with Gasteiger partial charge in [0.25, 0.3) is 0 Å². The van der Waals surface area contributed by atoms with E-state index in [1.165, 1.54) is 29.3 Å². The smallest absolute Gasteiger partial charge is 0.167 e. The summed E-state index contributed by atoms with van der Waals surface area (Å²) in [5, 5.41) is 3.28. The molecule has 0 N–H and O–H groups in total. The van der Waals surface area contributed by atoms with Gasteiger partial charge < -0.3 is 0 Å². The average molecular weight is 244 g/mol. The van der Waals surface area contributed by atoms with Gasteiger partial charge in [-0.1, -0.05) is 31.4 Å². The van der Waals surface area contributed by atoms with Gasteiger partial charge in [-0.3, -0.25) is 4.79 Å². The normalized spacial score (nSPS) is 17.4. The Balaban J connectivity index is 1.97. The fraction of sp³-hybridized carbons (Fsp3) is 0.400. The lowest BCUT2D eigenvalue weighted by Crippen LogP contribution is -2.17. The zero-order valence-electron chi connectivity index (χ0n) is 9.82. The highest BCUT2D eigenvalue weighted by molar-refractivity contribution is 7.17. The van der Waals surface area contributed by atoms with Crippen LogP contribution in [-0.2, 0) is 0 Å². The molecule has 88 valence electrons. The van der Waals surface area contributed by atoms with Crippen molar-refractivity contribution < 1.29 is 4.79 Å². The number of fused-ring (bicyclic) bond motifs is 1. The van der Waals surface area contributed by atoms with Crippen LogP contribution in [-0.4, -0.2) is 5.78 Å². The van der Waals surface area contributed by atoms with E-state index < -0.39 is 0 Å². The first-order valence-corrected chi connectivity index (χ1v) is 7.24. The van der Waals surface area contributed by atoms with Crippen LogP contribution in [0.5, 0.6) is 0 Å². The van der Waals surface area contributed by atoms with Crippen LogP contribution in [0.1, 0.15) is 42.5 Å². The molecule has 1 nitrogen and oxygen atoms in total. The maximum Gasteiger partial charge on any atom is 0.167 e. The Bertz CT molecular complexity index is 535. The summed E-state index contributed by atoms with van der Waals surface area (Å²) in [5.74, 6) is 0.647. The fourth-order valence-corrected chi connectivity index (χ4v) is 3.69. The van der Waals surface area contributed by atoms with Crippen molar-refractivity contribution in [3.63, 3.8) is 0 Å². The van der Waals surface area contributed by atoms with Gasteiger partial charge in [-0.25, -0.2) is 0 Å². The van der Waals surface area contributed by atoms with Crippen LogP contribution in [0.4, 0.5) is 0 Å². The first-order chi connectivity index (χ1) is 8.36. The van der Waals surface area contributed by atoms with Gasteiger partial charge in [0, 0.05) is 16.2 Å². The van der Waals surface area contributed by atoms with Crippen LogP contribution in [0.2, 0.25) is 0 Å². The van der Waals surface area contributed by atoms with E-state index in [1.54, 1.807) is 11.3 Å². The molecule has 0 atom stereocenters. The molecule has 3 rings (SSSR count). The number of thiophene rings is 1. The molecule has 0 aliphatic heterocycles. The zero-order chi connectivity index (χ0) is 11.7. The lowest BCUT2D eigenvalue weighted by molar-refractivity contribution is 0.0891. The van der Waals surface area contributed by atoms with E-state index in [9.17, 15) is 4.79 Å². The van der Waals surface area contributed by atoms with Crippen LogP contribution in [0.25, 0.3) is 10.1 Å². The minimum absolute atomic E-state index is 0.274. The number of ketones is 1. The van der Waals surface area contributed by atoms with Gasteiger partial charge in [0.2, 0.25) is 0 Å². The van der Waals surface area contributed by atoms with Crippen molar-refractivity contribution in [2.45, 2.75) is 32.1 Å². The monoisotopic (exact) mass is 244 g/mol. The minimum Gasteiger partial charge on any atom is -0.294 e. The highest BCUT2D eigenvalue weighted by atomic mass is 32.1. The first kappa shape index (κ1) is 11.0. The van der Waals surface area contributed by atoms with Crippen molar-refractivity contribution in [3.8, 4) is 0 Å². The third-order valence-corrected chi connectivity index (χ3v) is 4.68. The summed E-state index contributed by atoms with van der Waals surface area (Å²) in [7, 11) is 0. The fourth-order valence-electron chi connectivity index (χ4n) is 2.77. The highest BCUT2D eigenvalue weighted by Gasteiger charge is 2.23. The van der Waals surface area contributed by atoms with E-state index >= 15 is 0 Å². The predicted octanol–water partition coefficient (Wildman–Crippen LogP) is 4.66. The van der Waals surface area contributed by atoms with E-state index in [-0.39, 0.29) is 5.92 Å². The number of rotatable bonds is 2. The van der Waals surface area contributed by atoms with Gasteiger partial charge in [0.05, 0.1) is 0 Å². The summed E-state index contributed by atoms with van der Waals surface area (Å²) in [4.78, 5) is 12.5. The van der Waals surface area contributed by atoms with Crippen LogP contribution >= 0.6 is 11.3 Å². The molecule has 1 aromatic heterocycles. The van der Waals surface area contributed by atoms with Gasteiger partial charge in [-0.15, -0.1) is 11.3 Å². The Morgan fingerprint density at radius 1 is 1.12 bits per heavy atom. The van der Waals surface area contributed by atoms with Crippen molar-refractivity contribution >= 4 is 27.2 Å². The molecule has 1 aliphatic rings. The number of hydrogen-bond donors (Lipinski definition) is 0. The summed E-state index contributed by atoms with van der Waals surface area (Å²) in [5.41, 5.74) is 0.949. The summed E-state index contributed by atoms with van der Waals surface area (Å²) in [6, 6.07) is 8.18. The molecule has 0 amide bonds. The van der Waals surface area contributed by atoms with Gasteiger partial charge in [0.1, 0.15) is 0 Å². The summed E-state index contributed by atoms with van der Waals surface area (Å²) < 4.78 is 1.17. The molecule has 0 saturated heterocycles. The Kier molecular flexibility index (Phi) is 2.98. The quantitative estimate of drug-likeness (QED) is 0.702. The van der Waals surface area contributed by atoms with Crippen LogP contribution < -0.4 is 0 Å². The molecular weight excluding hydrogens is 228 g/mol. The molecule has 1 aliphatic carbocycles. The van der Waals surface area contributed by atoms with Gasteiger partial charge >= 0.3 is 0 Å². The maximum absolute atomic E-state index is 12.5. The molecule has 1 heterocycles. The number of carbonyl (C=O) groups is 1.